The average molecular weight is 296 g/mol. The van der Waals surface area contributed by atoms with E-state index in [0.29, 0.717) is 18.3 Å². The number of hydrogen-bond donors (Lipinski definition) is 1. The summed E-state index contributed by atoms with van der Waals surface area (Å²) in [5.74, 6) is 0.680. The third-order valence-electron chi connectivity index (χ3n) is 2.88. The van der Waals surface area contributed by atoms with Gasteiger partial charge >= 0.3 is 6.36 Å². The molecule has 0 radical (unpaired) electrons. The summed E-state index contributed by atoms with van der Waals surface area (Å²) >= 11 is 5.75. The molecule has 2 atom stereocenters. The van der Waals surface area contributed by atoms with E-state index in [0.717, 1.165) is 5.56 Å². The van der Waals surface area contributed by atoms with Crippen LogP contribution in [0.5, 0.6) is 5.75 Å². The molecule has 0 bridgehead atoms. The molecule has 108 valence electrons. The highest BCUT2D eigenvalue weighted by Gasteiger charge is 2.30. The molecule has 0 aliphatic carbocycles. The fourth-order valence-electron chi connectivity index (χ4n) is 1.42. The average Bonchev–Trinajstić information content (AvgIpc) is 2.34. The van der Waals surface area contributed by atoms with Crippen molar-refractivity contribution in [3.63, 3.8) is 0 Å². The highest BCUT2D eigenvalue weighted by atomic mass is 35.5. The molecule has 1 aromatic rings. The number of ether oxygens (including phenoxy) is 1. The Morgan fingerprint density at radius 1 is 1.21 bits per heavy atom. The minimum absolute atomic E-state index is 0.210. The van der Waals surface area contributed by atoms with E-state index >= 15 is 0 Å². The molecule has 2 unspecified atom stereocenters. The first-order valence-electron chi connectivity index (χ1n) is 5.96. The van der Waals surface area contributed by atoms with E-state index in [-0.39, 0.29) is 11.8 Å². The Hall–Kier alpha value is -0.940. The van der Waals surface area contributed by atoms with Gasteiger partial charge in [-0.1, -0.05) is 19.1 Å². The lowest BCUT2D eigenvalue weighted by molar-refractivity contribution is -0.274. The van der Waals surface area contributed by atoms with Crippen molar-refractivity contribution >= 4 is 11.6 Å². The Bertz CT molecular complexity index is 380. The van der Waals surface area contributed by atoms with Crippen molar-refractivity contribution in [2.75, 3.05) is 5.88 Å². The molecule has 0 fully saturated rings. The standard InChI is InChI=1S/C13H17ClF3NO/c1-9(7-14)10(2)18-8-11-3-5-12(6-4-11)19-13(15,16)17/h3-6,9-10,18H,7-8H2,1-2H3. The van der Waals surface area contributed by atoms with Gasteiger partial charge in [0.1, 0.15) is 5.75 Å². The molecule has 1 rings (SSSR count). The van der Waals surface area contributed by atoms with Gasteiger partial charge in [-0.3, -0.25) is 0 Å². The molecule has 0 aliphatic rings. The smallest absolute Gasteiger partial charge is 0.406 e. The Balaban J connectivity index is 2.49. The van der Waals surface area contributed by atoms with Crippen molar-refractivity contribution in [1.29, 1.82) is 0 Å². The van der Waals surface area contributed by atoms with Crippen LogP contribution < -0.4 is 10.1 Å². The topological polar surface area (TPSA) is 21.3 Å². The molecular formula is C13H17ClF3NO. The first-order valence-corrected chi connectivity index (χ1v) is 6.49. The van der Waals surface area contributed by atoms with E-state index < -0.39 is 6.36 Å². The zero-order valence-corrected chi connectivity index (χ0v) is 11.6. The van der Waals surface area contributed by atoms with Gasteiger partial charge in [0.25, 0.3) is 0 Å². The van der Waals surface area contributed by atoms with Gasteiger partial charge in [-0.2, -0.15) is 0 Å². The predicted molar refractivity (Wildman–Crippen MR) is 69.3 cm³/mol. The van der Waals surface area contributed by atoms with E-state index in [1.165, 1.54) is 12.1 Å². The van der Waals surface area contributed by atoms with Crippen LogP contribution in [0.25, 0.3) is 0 Å². The van der Waals surface area contributed by atoms with Crippen LogP contribution >= 0.6 is 11.6 Å². The van der Waals surface area contributed by atoms with Gasteiger partial charge in [0.05, 0.1) is 0 Å². The van der Waals surface area contributed by atoms with Crippen LogP contribution in [0.3, 0.4) is 0 Å². The monoisotopic (exact) mass is 295 g/mol. The molecule has 1 N–H and O–H groups in total. The molecule has 0 saturated heterocycles. The Labute approximate surface area is 115 Å². The molecular weight excluding hydrogens is 279 g/mol. The fraction of sp³-hybridized carbons (Fsp3) is 0.538. The van der Waals surface area contributed by atoms with Crippen LogP contribution in [0.1, 0.15) is 19.4 Å². The summed E-state index contributed by atoms with van der Waals surface area (Å²) in [7, 11) is 0. The first kappa shape index (κ1) is 16.1. The van der Waals surface area contributed by atoms with Crippen molar-refractivity contribution in [2.24, 2.45) is 5.92 Å². The zero-order valence-electron chi connectivity index (χ0n) is 10.8. The minimum Gasteiger partial charge on any atom is -0.406 e. The first-order chi connectivity index (χ1) is 8.81. The normalized spacial score (nSPS) is 15.1. The number of halogens is 4. The third kappa shape index (κ3) is 6.16. The van der Waals surface area contributed by atoms with Gasteiger partial charge < -0.3 is 10.1 Å². The highest BCUT2D eigenvalue weighted by molar-refractivity contribution is 6.18. The van der Waals surface area contributed by atoms with Gasteiger partial charge in [0.2, 0.25) is 0 Å². The van der Waals surface area contributed by atoms with Crippen LogP contribution in [-0.4, -0.2) is 18.3 Å². The summed E-state index contributed by atoms with van der Waals surface area (Å²) in [6, 6.07) is 6.06. The van der Waals surface area contributed by atoms with Crippen LogP contribution in [0.2, 0.25) is 0 Å². The number of rotatable bonds is 6. The van der Waals surface area contributed by atoms with Crippen LogP contribution in [-0.2, 0) is 6.54 Å². The lowest BCUT2D eigenvalue weighted by Crippen LogP contribution is -2.32. The molecule has 0 aliphatic heterocycles. The maximum absolute atomic E-state index is 12.0. The van der Waals surface area contributed by atoms with E-state index in [9.17, 15) is 13.2 Å². The fourth-order valence-corrected chi connectivity index (χ4v) is 1.69. The maximum atomic E-state index is 12.0. The Kier molecular flexibility index (Phi) is 5.94. The van der Waals surface area contributed by atoms with Crippen molar-refractivity contribution < 1.29 is 17.9 Å². The molecule has 2 nitrogen and oxygen atoms in total. The van der Waals surface area contributed by atoms with Gasteiger partial charge in [0, 0.05) is 18.5 Å². The van der Waals surface area contributed by atoms with Gasteiger partial charge in [-0.25, -0.2) is 0 Å². The third-order valence-corrected chi connectivity index (χ3v) is 3.37. The van der Waals surface area contributed by atoms with Gasteiger partial charge in [-0.15, -0.1) is 24.8 Å². The van der Waals surface area contributed by atoms with Crippen LogP contribution in [0, 0.1) is 5.92 Å². The number of nitrogens with one attached hydrogen (secondary N) is 1. The van der Waals surface area contributed by atoms with E-state index in [1.807, 2.05) is 13.8 Å². The van der Waals surface area contributed by atoms with Gasteiger partial charge in [-0.05, 0) is 30.5 Å². The second kappa shape index (κ2) is 7.01. The predicted octanol–water partition coefficient (Wildman–Crippen LogP) is 3.94. The summed E-state index contributed by atoms with van der Waals surface area (Å²) < 4.78 is 39.7. The summed E-state index contributed by atoms with van der Waals surface area (Å²) in [6.45, 7) is 4.63. The van der Waals surface area contributed by atoms with Crippen LogP contribution in [0.15, 0.2) is 24.3 Å². The summed E-state index contributed by atoms with van der Waals surface area (Å²) in [5, 5.41) is 3.27. The highest BCUT2D eigenvalue weighted by Crippen LogP contribution is 2.22. The quantitative estimate of drug-likeness (QED) is 0.803. The molecule has 19 heavy (non-hydrogen) atoms. The molecule has 0 spiro atoms. The van der Waals surface area contributed by atoms with Crippen molar-refractivity contribution in [3.8, 4) is 5.75 Å². The van der Waals surface area contributed by atoms with E-state index in [1.54, 1.807) is 12.1 Å². The molecule has 0 aromatic heterocycles. The lowest BCUT2D eigenvalue weighted by atomic mass is 10.1. The number of benzene rings is 1. The SMILES string of the molecule is CC(CCl)C(C)NCc1ccc(OC(F)(F)F)cc1. The number of alkyl halides is 4. The van der Waals surface area contributed by atoms with E-state index in [4.69, 9.17) is 11.6 Å². The summed E-state index contributed by atoms with van der Waals surface area (Å²) in [4.78, 5) is 0. The van der Waals surface area contributed by atoms with E-state index in [2.05, 4.69) is 10.1 Å². The minimum atomic E-state index is -4.65. The van der Waals surface area contributed by atoms with Gasteiger partial charge in [0.15, 0.2) is 0 Å². The molecule has 1 aromatic carbocycles. The lowest BCUT2D eigenvalue weighted by Gasteiger charge is -2.19. The molecule has 0 saturated carbocycles. The largest absolute Gasteiger partial charge is 0.573 e. The van der Waals surface area contributed by atoms with Crippen molar-refractivity contribution in [3.05, 3.63) is 29.8 Å². The van der Waals surface area contributed by atoms with Crippen molar-refractivity contribution in [1.82, 2.24) is 5.32 Å². The maximum Gasteiger partial charge on any atom is 0.573 e. The zero-order chi connectivity index (χ0) is 14.5. The summed E-state index contributed by atoms with van der Waals surface area (Å²) in [5.41, 5.74) is 0.892. The summed E-state index contributed by atoms with van der Waals surface area (Å²) in [6.07, 6.45) is -4.65. The molecule has 0 heterocycles. The van der Waals surface area contributed by atoms with Crippen LogP contribution in [0.4, 0.5) is 13.2 Å². The second-order valence-corrected chi connectivity index (χ2v) is 4.80. The van der Waals surface area contributed by atoms with Crippen molar-refractivity contribution in [2.45, 2.75) is 32.8 Å². The molecule has 0 amide bonds. The Morgan fingerprint density at radius 2 is 1.79 bits per heavy atom. The molecule has 6 heteroatoms. The Morgan fingerprint density at radius 3 is 2.26 bits per heavy atom. The number of hydrogen-bond acceptors (Lipinski definition) is 2. The second-order valence-electron chi connectivity index (χ2n) is 4.49.